The Hall–Kier alpha value is -1.59. The number of amides is 3. The van der Waals surface area contributed by atoms with E-state index in [1.165, 1.54) is 0 Å². The first-order valence-corrected chi connectivity index (χ1v) is 5.79. The lowest BCUT2D eigenvalue weighted by atomic mass is 10.0. The second kappa shape index (κ2) is 6.22. The molecule has 0 aromatic carbocycles. The maximum Gasteiger partial charge on any atom is 0.324 e. The van der Waals surface area contributed by atoms with E-state index in [1.807, 2.05) is 0 Å². The SMILES string of the molecule is CC(CC(=O)O)CC(=O)NC(=O)N1CCCC1. The lowest BCUT2D eigenvalue weighted by molar-refractivity contribution is -0.138. The van der Waals surface area contributed by atoms with Crippen molar-refractivity contribution in [3.63, 3.8) is 0 Å². The summed E-state index contributed by atoms with van der Waals surface area (Å²) in [5.41, 5.74) is 0. The minimum Gasteiger partial charge on any atom is -0.481 e. The van der Waals surface area contributed by atoms with Gasteiger partial charge in [0.25, 0.3) is 0 Å². The first-order chi connectivity index (χ1) is 7.99. The van der Waals surface area contributed by atoms with Gasteiger partial charge in [0.15, 0.2) is 0 Å². The van der Waals surface area contributed by atoms with E-state index in [0.717, 1.165) is 12.8 Å². The second-order valence-electron chi connectivity index (χ2n) is 4.45. The number of carboxylic acids is 1. The summed E-state index contributed by atoms with van der Waals surface area (Å²) in [6, 6.07) is -0.366. The molecule has 0 spiro atoms. The van der Waals surface area contributed by atoms with Crippen molar-refractivity contribution in [3.8, 4) is 0 Å². The molecule has 1 aliphatic heterocycles. The fourth-order valence-corrected chi connectivity index (χ4v) is 1.86. The lowest BCUT2D eigenvalue weighted by Crippen LogP contribution is -2.41. The van der Waals surface area contributed by atoms with Gasteiger partial charge in [-0.25, -0.2) is 4.79 Å². The number of nitrogens with zero attached hydrogens (tertiary/aromatic N) is 1. The summed E-state index contributed by atoms with van der Waals surface area (Å²) in [7, 11) is 0. The van der Waals surface area contributed by atoms with Crippen LogP contribution in [0.1, 0.15) is 32.6 Å². The first kappa shape index (κ1) is 13.5. The number of nitrogens with one attached hydrogen (secondary N) is 1. The zero-order valence-electron chi connectivity index (χ0n) is 9.94. The number of aliphatic carboxylic acids is 1. The Bertz CT molecular complexity index is 311. The first-order valence-electron chi connectivity index (χ1n) is 5.79. The number of likely N-dealkylation sites (tertiary alicyclic amines) is 1. The third-order valence-corrected chi connectivity index (χ3v) is 2.70. The Kier molecular flexibility index (Phi) is 4.93. The number of imide groups is 1. The quantitative estimate of drug-likeness (QED) is 0.764. The van der Waals surface area contributed by atoms with Gasteiger partial charge in [0.1, 0.15) is 0 Å². The zero-order valence-corrected chi connectivity index (χ0v) is 9.94. The summed E-state index contributed by atoms with van der Waals surface area (Å²) < 4.78 is 0. The van der Waals surface area contributed by atoms with Crippen LogP contribution in [0.15, 0.2) is 0 Å². The number of carbonyl (C=O) groups is 3. The van der Waals surface area contributed by atoms with Crippen LogP contribution in [-0.4, -0.2) is 41.0 Å². The van der Waals surface area contributed by atoms with Gasteiger partial charge in [0.2, 0.25) is 5.91 Å². The van der Waals surface area contributed by atoms with Gasteiger partial charge in [0, 0.05) is 25.9 Å². The van der Waals surface area contributed by atoms with Gasteiger partial charge in [-0.2, -0.15) is 0 Å². The van der Waals surface area contributed by atoms with Crippen molar-refractivity contribution in [2.24, 2.45) is 5.92 Å². The Morgan fingerprint density at radius 3 is 2.35 bits per heavy atom. The van der Waals surface area contributed by atoms with Crippen molar-refractivity contribution in [1.82, 2.24) is 10.2 Å². The minimum atomic E-state index is -0.934. The molecule has 6 nitrogen and oxygen atoms in total. The van der Waals surface area contributed by atoms with Gasteiger partial charge in [-0.15, -0.1) is 0 Å². The summed E-state index contributed by atoms with van der Waals surface area (Å²) in [5.74, 6) is -1.61. The van der Waals surface area contributed by atoms with Gasteiger partial charge in [0.05, 0.1) is 0 Å². The Morgan fingerprint density at radius 2 is 1.82 bits per heavy atom. The molecule has 96 valence electrons. The molecule has 3 amide bonds. The van der Waals surface area contributed by atoms with Crippen LogP contribution >= 0.6 is 0 Å². The van der Waals surface area contributed by atoms with Crippen molar-refractivity contribution in [1.29, 1.82) is 0 Å². The number of rotatable bonds is 4. The smallest absolute Gasteiger partial charge is 0.324 e. The Balaban J connectivity index is 2.28. The van der Waals surface area contributed by atoms with Gasteiger partial charge < -0.3 is 10.0 Å². The molecule has 0 bridgehead atoms. The maximum absolute atomic E-state index is 11.5. The average Bonchev–Trinajstić information content (AvgIpc) is 2.67. The molecule has 0 saturated carbocycles. The monoisotopic (exact) mass is 242 g/mol. The molecule has 1 saturated heterocycles. The topological polar surface area (TPSA) is 86.7 Å². The summed E-state index contributed by atoms with van der Waals surface area (Å²) >= 11 is 0. The molecule has 1 heterocycles. The molecule has 17 heavy (non-hydrogen) atoms. The fraction of sp³-hybridized carbons (Fsp3) is 0.727. The third-order valence-electron chi connectivity index (χ3n) is 2.70. The molecule has 1 unspecified atom stereocenters. The fourth-order valence-electron chi connectivity index (χ4n) is 1.86. The van der Waals surface area contributed by atoms with Crippen LogP contribution in [-0.2, 0) is 9.59 Å². The van der Waals surface area contributed by atoms with E-state index in [4.69, 9.17) is 5.11 Å². The van der Waals surface area contributed by atoms with Crippen molar-refractivity contribution in [2.45, 2.75) is 32.6 Å². The standard InChI is InChI=1S/C11H18N2O4/c1-8(7-10(15)16)6-9(14)12-11(17)13-4-2-3-5-13/h8H,2-7H2,1H3,(H,15,16)(H,12,14,17). The molecular weight excluding hydrogens is 224 g/mol. The van der Waals surface area contributed by atoms with Gasteiger partial charge in [-0.05, 0) is 18.8 Å². The predicted octanol–water partition coefficient (Wildman–Crippen LogP) is 0.819. The van der Waals surface area contributed by atoms with Crippen LogP contribution in [0.2, 0.25) is 0 Å². The normalized spacial score (nSPS) is 16.6. The molecule has 1 atom stereocenters. The average molecular weight is 242 g/mol. The van der Waals surface area contributed by atoms with Crippen molar-refractivity contribution in [2.75, 3.05) is 13.1 Å². The Morgan fingerprint density at radius 1 is 1.24 bits per heavy atom. The maximum atomic E-state index is 11.5. The highest BCUT2D eigenvalue weighted by Crippen LogP contribution is 2.09. The van der Waals surface area contributed by atoms with Crippen LogP contribution in [0.3, 0.4) is 0 Å². The van der Waals surface area contributed by atoms with Crippen molar-refractivity contribution in [3.05, 3.63) is 0 Å². The minimum absolute atomic E-state index is 0.0614. The van der Waals surface area contributed by atoms with E-state index >= 15 is 0 Å². The van der Waals surface area contributed by atoms with E-state index in [-0.39, 0.29) is 24.8 Å². The number of carbonyl (C=O) groups excluding carboxylic acids is 2. The number of hydrogen-bond donors (Lipinski definition) is 2. The van der Waals surface area contributed by atoms with Crippen LogP contribution in [0.4, 0.5) is 4.79 Å². The van der Waals surface area contributed by atoms with Crippen molar-refractivity contribution >= 4 is 17.9 Å². The van der Waals surface area contributed by atoms with Crippen LogP contribution in [0.5, 0.6) is 0 Å². The lowest BCUT2D eigenvalue weighted by Gasteiger charge is -2.16. The molecule has 0 aromatic heterocycles. The molecule has 0 aromatic rings. The van der Waals surface area contributed by atoms with E-state index in [2.05, 4.69) is 5.32 Å². The van der Waals surface area contributed by atoms with Crippen molar-refractivity contribution < 1.29 is 19.5 Å². The van der Waals surface area contributed by atoms with Crippen LogP contribution in [0.25, 0.3) is 0 Å². The highest BCUT2D eigenvalue weighted by atomic mass is 16.4. The van der Waals surface area contributed by atoms with E-state index in [0.29, 0.717) is 13.1 Å². The van der Waals surface area contributed by atoms with E-state index < -0.39 is 11.9 Å². The Labute approximate surface area is 100.0 Å². The number of urea groups is 1. The molecule has 2 N–H and O–H groups in total. The van der Waals surface area contributed by atoms with Crippen LogP contribution < -0.4 is 5.32 Å². The largest absolute Gasteiger partial charge is 0.481 e. The van der Waals surface area contributed by atoms with Gasteiger partial charge in [-0.1, -0.05) is 6.92 Å². The second-order valence-corrected chi connectivity index (χ2v) is 4.45. The molecule has 1 aliphatic rings. The highest BCUT2D eigenvalue weighted by Gasteiger charge is 2.20. The van der Waals surface area contributed by atoms with Crippen LogP contribution in [0, 0.1) is 5.92 Å². The molecule has 1 rings (SSSR count). The number of carboxylic acid groups (broad SMARTS) is 1. The summed E-state index contributed by atoms with van der Waals surface area (Å²) in [5, 5.41) is 10.8. The van der Waals surface area contributed by atoms with E-state index in [9.17, 15) is 14.4 Å². The third kappa shape index (κ3) is 4.84. The molecule has 0 radical (unpaired) electrons. The molecular formula is C11H18N2O4. The number of hydrogen-bond acceptors (Lipinski definition) is 3. The molecule has 6 heteroatoms. The van der Waals surface area contributed by atoms with Gasteiger partial charge in [-0.3, -0.25) is 14.9 Å². The predicted molar refractivity (Wildman–Crippen MR) is 60.4 cm³/mol. The summed E-state index contributed by atoms with van der Waals surface area (Å²) in [6.45, 7) is 3.04. The van der Waals surface area contributed by atoms with Gasteiger partial charge >= 0.3 is 12.0 Å². The summed E-state index contributed by atoms with van der Waals surface area (Å²) in [6.07, 6.45) is 1.94. The molecule has 0 aliphatic carbocycles. The summed E-state index contributed by atoms with van der Waals surface area (Å²) in [4.78, 5) is 35.0. The van der Waals surface area contributed by atoms with E-state index in [1.54, 1.807) is 11.8 Å². The zero-order chi connectivity index (χ0) is 12.8. The molecule has 1 fully saturated rings. The highest BCUT2D eigenvalue weighted by molar-refractivity contribution is 5.94.